The molecule has 2 rings (SSSR count). The third-order valence-corrected chi connectivity index (χ3v) is 2.49. The molecule has 5 heteroatoms. The normalized spacial score (nSPS) is 16.9. The van der Waals surface area contributed by atoms with Crippen LogP contribution < -0.4 is 5.32 Å². The van der Waals surface area contributed by atoms with Crippen molar-refractivity contribution >= 4 is 11.8 Å². The third-order valence-electron chi connectivity index (χ3n) is 2.49. The molecule has 0 saturated heterocycles. The van der Waals surface area contributed by atoms with E-state index in [2.05, 4.69) is 27.2 Å². The van der Waals surface area contributed by atoms with Crippen LogP contribution in [0.5, 0.6) is 0 Å². The molecule has 0 bridgehead atoms. The number of anilines is 1. The first-order chi connectivity index (χ1) is 7.13. The van der Waals surface area contributed by atoms with Gasteiger partial charge < -0.3 is 10.1 Å². The van der Waals surface area contributed by atoms with Gasteiger partial charge >= 0.3 is 5.97 Å². The highest BCUT2D eigenvalue weighted by atomic mass is 16.5. The van der Waals surface area contributed by atoms with E-state index in [1.165, 1.54) is 7.11 Å². The molecule has 1 aromatic rings. The van der Waals surface area contributed by atoms with Crippen LogP contribution in [0, 0.1) is 0 Å². The zero-order chi connectivity index (χ0) is 10.9. The zero-order valence-corrected chi connectivity index (χ0v) is 8.78. The molecule has 0 amide bonds. The van der Waals surface area contributed by atoms with Gasteiger partial charge in [-0.05, 0) is 31.9 Å². The van der Waals surface area contributed by atoms with E-state index in [4.69, 9.17) is 0 Å². The van der Waals surface area contributed by atoms with Crippen LogP contribution in [0.4, 0.5) is 5.82 Å². The summed E-state index contributed by atoms with van der Waals surface area (Å²) in [5, 5.41) is 10.9. The van der Waals surface area contributed by atoms with Crippen molar-refractivity contribution in [1.29, 1.82) is 0 Å². The van der Waals surface area contributed by atoms with Gasteiger partial charge in [-0.1, -0.05) is 0 Å². The molecule has 15 heavy (non-hydrogen) atoms. The Bertz CT molecular complexity index is 371. The van der Waals surface area contributed by atoms with Crippen LogP contribution in [-0.2, 0) is 4.74 Å². The molecule has 1 N–H and O–H groups in total. The van der Waals surface area contributed by atoms with Crippen LogP contribution in [0.3, 0.4) is 0 Å². The maximum atomic E-state index is 11.1. The minimum Gasteiger partial charge on any atom is -0.464 e. The maximum absolute atomic E-state index is 11.1. The molecule has 1 aromatic heterocycles. The summed E-state index contributed by atoms with van der Waals surface area (Å²) in [5.74, 6) is 0.231. The molecular weight excluding hydrogens is 194 g/mol. The van der Waals surface area contributed by atoms with Crippen molar-refractivity contribution in [2.45, 2.75) is 25.3 Å². The summed E-state index contributed by atoms with van der Waals surface area (Å²) in [6.45, 7) is 2.13. The topological polar surface area (TPSA) is 64.1 Å². The van der Waals surface area contributed by atoms with Crippen LogP contribution in [0.2, 0.25) is 0 Å². The maximum Gasteiger partial charge on any atom is 0.358 e. The predicted molar refractivity (Wildman–Crippen MR) is 54.6 cm³/mol. The Morgan fingerprint density at radius 2 is 2.20 bits per heavy atom. The van der Waals surface area contributed by atoms with Crippen LogP contribution >= 0.6 is 0 Å². The number of ether oxygens (including phenoxy) is 1. The minimum atomic E-state index is -0.466. The van der Waals surface area contributed by atoms with Gasteiger partial charge in [-0.15, -0.1) is 10.2 Å². The Morgan fingerprint density at radius 3 is 2.67 bits per heavy atom. The summed E-state index contributed by atoms with van der Waals surface area (Å²) >= 11 is 0. The fourth-order valence-electron chi connectivity index (χ4n) is 1.23. The first kappa shape index (κ1) is 9.89. The van der Waals surface area contributed by atoms with Gasteiger partial charge in [0.15, 0.2) is 5.69 Å². The van der Waals surface area contributed by atoms with E-state index in [1.54, 1.807) is 12.1 Å². The number of hydrogen-bond acceptors (Lipinski definition) is 5. The molecule has 80 valence electrons. The van der Waals surface area contributed by atoms with Crippen molar-refractivity contribution in [3.8, 4) is 0 Å². The van der Waals surface area contributed by atoms with Crippen LogP contribution in [0.25, 0.3) is 0 Å². The molecule has 1 aliphatic rings. The highest BCUT2D eigenvalue weighted by Crippen LogP contribution is 2.37. The van der Waals surface area contributed by atoms with Crippen molar-refractivity contribution in [3.63, 3.8) is 0 Å². The average molecular weight is 207 g/mol. The fourth-order valence-corrected chi connectivity index (χ4v) is 1.23. The van der Waals surface area contributed by atoms with Crippen molar-refractivity contribution in [3.05, 3.63) is 17.8 Å². The second-order valence-corrected chi connectivity index (χ2v) is 3.98. The lowest BCUT2D eigenvalue weighted by molar-refractivity contribution is 0.0593. The minimum absolute atomic E-state index is 0.168. The van der Waals surface area contributed by atoms with E-state index in [-0.39, 0.29) is 11.2 Å². The average Bonchev–Trinajstić information content (AvgIpc) is 2.96. The SMILES string of the molecule is COC(=O)c1ccc(NC2(C)CC2)nn1. The van der Waals surface area contributed by atoms with Gasteiger partial charge in [-0.2, -0.15) is 0 Å². The van der Waals surface area contributed by atoms with Gasteiger partial charge in [0.25, 0.3) is 0 Å². The Hall–Kier alpha value is -1.65. The molecule has 1 aliphatic carbocycles. The highest BCUT2D eigenvalue weighted by molar-refractivity contribution is 5.86. The highest BCUT2D eigenvalue weighted by Gasteiger charge is 2.37. The second-order valence-electron chi connectivity index (χ2n) is 3.98. The Morgan fingerprint density at radius 1 is 1.47 bits per heavy atom. The summed E-state index contributed by atoms with van der Waals surface area (Å²) in [7, 11) is 1.32. The number of nitrogens with zero attached hydrogens (tertiary/aromatic N) is 2. The monoisotopic (exact) mass is 207 g/mol. The molecule has 0 radical (unpaired) electrons. The van der Waals surface area contributed by atoms with Crippen molar-refractivity contribution in [2.75, 3.05) is 12.4 Å². The van der Waals surface area contributed by atoms with Crippen molar-refractivity contribution in [1.82, 2.24) is 10.2 Å². The van der Waals surface area contributed by atoms with E-state index >= 15 is 0 Å². The summed E-state index contributed by atoms with van der Waals surface area (Å²) in [6.07, 6.45) is 2.29. The van der Waals surface area contributed by atoms with Gasteiger partial charge in [0.1, 0.15) is 5.82 Å². The Balaban J connectivity index is 2.06. The van der Waals surface area contributed by atoms with Gasteiger partial charge in [0.2, 0.25) is 0 Å². The molecule has 5 nitrogen and oxygen atoms in total. The number of aromatic nitrogens is 2. The number of carbonyl (C=O) groups is 1. The van der Waals surface area contributed by atoms with Gasteiger partial charge in [-0.3, -0.25) is 0 Å². The first-order valence-electron chi connectivity index (χ1n) is 4.83. The van der Waals surface area contributed by atoms with Crippen molar-refractivity contribution < 1.29 is 9.53 Å². The quantitative estimate of drug-likeness (QED) is 0.755. The largest absolute Gasteiger partial charge is 0.464 e. The number of hydrogen-bond donors (Lipinski definition) is 1. The van der Waals surface area contributed by atoms with Gasteiger partial charge in [0.05, 0.1) is 7.11 Å². The molecule has 0 spiro atoms. The van der Waals surface area contributed by atoms with Crippen LogP contribution in [-0.4, -0.2) is 28.8 Å². The smallest absolute Gasteiger partial charge is 0.358 e. The number of methoxy groups -OCH3 is 1. The fraction of sp³-hybridized carbons (Fsp3) is 0.500. The second kappa shape index (κ2) is 3.49. The Kier molecular flexibility index (Phi) is 2.30. The van der Waals surface area contributed by atoms with E-state index in [0.29, 0.717) is 5.82 Å². The molecule has 0 aromatic carbocycles. The van der Waals surface area contributed by atoms with Gasteiger partial charge in [0, 0.05) is 5.54 Å². The number of rotatable bonds is 3. The van der Waals surface area contributed by atoms with E-state index in [9.17, 15) is 4.79 Å². The summed E-state index contributed by atoms with van der Waals surface area (Å²) in [4.78, 5) is 11.1. The van der Waals surface area contributed by atoms with Gasteiger partial charge in [-0.25, -0.2) is 4.79 Å². The lowest BCUT2D eigenvalue weighted by atomic mass is 10.3. The lowest BCUT2D eigenvalue weighted by Crippen LogP contribution is -2.17. The van der Waals surface area contributed by atoms with E-state index < -0.39 is 5.97 Å². The summed E-state index contributed by atoms with van der Waals surface area (Å²) in [6, 6.07) is 3.34. The summed E-state index contributed by atoms with van der Waals surface area (Å²) < 4.78 is 4.53. The molecule has 1 saturated carbocycles. The molecule has 1 fully saturated rings. The first-order valence-corrected chi connectivity index (χ1v) is 4.83. The Labute approximate surface area is 87.8 Å². The summed E-state index contributed by atoms with van der Waals surface area (Å²) in [5.41, 5.74) is 0.394. The van der Waals surface area contributed by atoms with Crippen molar-refractivity contribution in [2.24, 2.45) is 0 Å². The molecule has 0 atom stereocenters. The number of esters is 1. The molecule has 0 unspecified atom stereocenters. The lowest BCUT2D eigenvalue weighted by Gasteiger charge is -2.10. The van der Waals surface area contributed by atoms with E-state index in [1.807, 2.05) is 0 Å². The standard InChI is InChI=1S/C10H13N3O2/c1-10(5-6-10)11-8-4-3-7(12-13-8)9(14)15-2/h3-4H,5-6H2,1-2H3,(H,11,13). The third kappa shape index (κ3) is 2.23. The zero-order valence-electron chi connectivity index (χ0n) is 8.78. The molecular formula is C10H13N3O2. The number of carbonyl (C=O) groups excluding carboxylic acids is 1. The molecule has 1 heterocycles. The predicted octanol–water partition coefficient (Wildman–Crippen LogP) is 1.23. The van der Waals surface area contributed by atoms with Crippen LogP contribution in [0.1, 0.15) is 30.3 Å². The van der Waals surface area contributed by atoms with Crippen LogP contribution in [0.15, 0.2) is 12.1 Å². The molecule has 0 aliphatic heterocycles. The van der Waals surface area contributed by atoms with E-state index in [0.717, 1.165) is 12.8 Å². The number of nitrogens with one attached hydrogen (secondary N) is 1.